The Bertz CT molecular complexity index is 992. The van der Waals surface area contributed by atoms with E-state index in [1.54, 1.807) is 35.2 Å². The lowest BCUT2D eigenvalue weighted by Crippen LogP contribution is -2.23. The number of anilines is 2. The van der Waals surface area contributed by atoms with Crippen LogP contribution in [0.15, 0.2) is 41.0 Å². The van der Waals surface area contributed by atoms with E-state index in [2.05, 4.69) is 25.8 Å². The molecular formula is C18H19FN6O2S2. The number of thiazole rings is 1. The van der Waals surface area contributed by atoms with E-state index >= 15 is 0 Å². The molecule has 1 unspecified atom stereocenters. The van der Waals surface area contributed by atoms with Crippen LogP contribution < -0.4 is 10.6 Å². The van der Waals surface area contributed by atoms with Crippen LogP contribution in [-0.2, 0) is 22.6 Å². The van der Waals surface area contributed by atoms with Gasteiger partial charge in [0, 0.05) is 18.1 Å². The van der Waals surface area contributed by atoms with Gasteiger partial charge in [-0.1, -0.05) is 23.9 Å². The summed E-state index contributed by atoms with van der Waals surface area (Å²) in [7, 11) is 0. The number of benzene rings is 1. The minimum absolute atomic E-state index is 0.0601. The standard InChI is InChI=1S/C18H19FN6O2S2/c1-3-25-14(10-15(26)21-13-7-5-4-6-12(13)19)23-24-18(25)29-11(2)16(27)22-17-20-8-9-28-17/h4-9,11H,3,10H2,1-2H3,(H,21,26)(H,20,22,27). The van der Waals surface area contributed by atoms with Crippen molar-refractivity contribution < 1.29 is 14.0 Å². The molecule has 2 amide bonds. The van der Waals surface area contributed by atoms with E-state index in [-0.39, 0.29) is 18.0 Å². The first kappa shape index (κ1) is 20.9. The Hall–Kier alpha value is -2.79. The molecule has 0 fully saturated rings. The number of amides is 2. The fourth-order valence-electron chi connectivity index (χ4n) is 2.46. The minimum atomic E-state index is -0.505. The zero-order valence-corrected chi connectivity index (χ0v) is 17.4. The van der Waals surface area contributed by atoms with Crippen molar-refractivity contribution in [2.24, 2.45) is 0 Å². The van der Waals surface area contributed by atoms with Crippen molar-refractivity contribution in [1.29, 1.82) is 0 Å². The molecule has 152 valence electrons. The third-order valence-corrected chi connectivity index (χ3v) is 5.66. The quantitative estimate of drug-likeness (QED) is 0.528. The van der Waals surface area contributed by atoms with Crippen LogP contribution in [0.25, 0.3) is 0 Å². The van der Waals surface area contributed by atoms with E-state index in [4.69, 9.17) is 0 Å². The van der Waals surface area contributed by atoms with Gasteiger partial charge in [-0.25, -0.2) is 9.37 Å². The topological polar surface area (TPSA) is 102 Å². The smallest absolute Gasteiger partial charge is 0.239 e. The molecule has 0 bridgehead atoms. The number of aromatic nitrogens is 4. The van der Waals surface area contributed by atoms with Gasteiger partial charge in [0.05, 0.1) is 17.4 Å². The predicted molar refractivity (Wildman–Crippen MR) is 110 cm³/mol. The van der Waals surface area contributed by atoms with Gasteiger partial charge in [0.1, 0.15) is 11.6 Å². The number of para-hydroxylation sites is 1. The molecule has 0 radical (unpaired) electrons. The summed E-state index contributed by atoms with van der Waals surface area (Å²) >= 11 is 2.58. The van der Waals surface area contributed by atoms with Crippen molar-refractivity contribution in [3.8, 4) is 0 Å². The first-order valence-corrected chi connectivity index (χ1v) is 10.6. The number of hydrogen-bond donors (Lipinski definition) is 2. The average molecular weight is 435 g/mol. The lowest BCUT2D eigenvalue weighted by molar-refractivity contribution is -0.116. The second-order valence-electron chi connectivity index (χ2n) is 5.93. The minimum Gasteiger partial charge on any atom is -0.323 e. The van der Waals surface area contributed by atoms with E-state index in [1.165, 1.54) is 35.2 Å². The van der Waals surface area contributed by atoms with Crippen molar-refractivity contribution in [3.63, 3.8) is 0 Å². The molecule has 0 saturated heterocycles. The fraction of sp³-hybridized carbons (Fsp3) is 0.278. The van der Waals surface area contributed by atoms with E-state index in [0.717, 1.165) is 0 Å². The van der Waals surface area contributed by atoms with Crippen molar-refractivity contribution in [2.75, 3.05) is 10.6 Å². The molecular weight excluding hydrogens is 415 g/mol. The van der Waals surface area contributed by atoms with Crippen molar-refractivity contribution in [1.82, 2.24) is 19.7 Å². The molecule has 3 aromatic rings. The Morgan fingerprint density at radius 1 is 1.28 bits per heavy atom. The molecule has 2 heterocycles. The van der Waals surface area contributed by atoms with Gasteiger partial charge in [0.15, 0.2) is 10.3 Å². The van der Waals surface area contributed by atoms with Crippen molar-refractivity contribution in [3.05, 3.63) is 47.5 Å². The summed E-state index contributed by atoms with van der Waals surface area (Å²) in [6.45, 7) is 4.18. The molecule has 8 nitrogen and oxygen atoms in total. The van der Waals surface area contributed by atoms with Crippen LogP contribution in [0.3, 0.4) is 0 Å². The van der Waals surface area contributed by atoms with E-state index in [1.807, 2.05) is 6.92 Å². The molecule has 0 saturated carbocycles. The Morgan fingerprint density at radius 2 is 2.07 bits per heavy atom. The molecule has 3 rings (SSSR count). The van der Waals surface area contributed by atoms with Gasteiger partial charge in [0.2, 0.25) is 11.8 Å². The Balaban J connectivity index is 1.64. The van der Waals surface area contributed by atoms with E-state index in [0.29, 0.717) is 22.7 Å². The molecule has 0 aliphatic heterocycles. The number of carbonyl (C=O) groups excluding carboxylic acids is 2. The van der Waals surface area contributed by atoms with Crippen molar-refractivity contribution in [2.45, 2.75) is 37.2 Å². The van der Waals surface area contributed by atoms with Gasteiger partial charge < -0.3 is 15.2 Å². The van der Waals surface area contributed by atoms with Crippen LogP contribution in [0.1, 0.15) is 19.7 Å². The van der Waals surface area contributed by atoms with Gasteiger partial charge in [-0.2, -0.15) is 0 Å². The van der Waals surface area contributed by atoms with Gasteiger partial charge in [-0.15, -0.1) is 21.5 Å². The first-order valence-electron chi connectivity index (χ1n) is 8.81. The number of hydrogen-bond acceptors (Lipinski definition) is 7. The lowest BCUT2D eigenvalue weighted by atomic mass is 10.3. The van der Waals surface area contributed by atoms with Crippen molar-refractivity contribution >= 4 is 45.7 Å². The van der Waals surface area contributed by atoms with Crippen LogP contribution >= 0.6 is 23.1 Å². The van der Waals surface area contributed by atoms with Crippen LogP contribution in [0.5, 0.6) is 0 Å². The molecule has 1 aromatic carbocycles. The molecule has 2 aromatic heterocycles. The third-order valence-electron chi connectivity index (χ3n) is 3.89. The van der Waals surface area contributed by atoms with Gasteiger partial charge in [0.25, 0.3) is 0 Å². The maximum atomic E-state index is 13.7. The second-order valence-corrected chi connectivity index (χ2v) is 8.14. The van der Waals surface area contributed by atoms with Crippen LogP contribution in [-0.4, -0.2) is 36.8 Å². The van der Waals surface area contributed by atoms with Crippen LogP contribution in [0.2, 0.25) is 0 Å². The third kappa shape index (κ3) is 5.39. The van der Waals surface area contributed by atoms with Gasteiger partial charge in [-0.05, 0) is 26.0 Å². The summed E-state index contributed by atoms with van der Waals surface area (Å²) in [6, 6.07) is 5.95. The maximum Gasteiger partial charge on any atom is 0.239 e. The second kappa shape index (κ2) is 9.61. The molecule has 2 N–H and O–H groups in total. The Labute approximate surface area is 174 Å². The van der Waals surface area contributed by atoms with Gasteiger partial charge in [-0.3, -0.25) is 9.59 Å². The SMILES string of the molecule is CCn1c(CC(=O)Nc2ccccc2F)nnc1SC(C)C(=O)Nc1nccs1. The lowest BCUT2D eigenvalue weighted by Gasteiger charge is -2.12. The highest BCUT2D eigenvalue weighted by molar-refractivity contribution is 8.00. The highest BCUT2D eigenvalue weighted by Gasteiger charge is 2.21. The number of rotatable bonds is 8. The highest BCUT2D eigenvalue weighted by Crippen LogP contribution is 2.24. The zero-order chi connectivity index (χ0) is 20.8. The van der Waals surface area contributed by atoms with E-state index < -0.39 is 17.0 Å². The number of carbonyl (C=O) groups is 2. The summed E-state index contributed by atoms with van der Waals surface area (Å²) in [4.78, 5) is 28.6. The average Bonchev–Trinajstić information content (AvgIpc) is 3.33. The molecule has 29 heavy (non-hydrogen) atoms. The van der Waals surface area contributed by atoms with Crippen LogP contribution in [0.4, 0.5) is 15.2 Å². The summed E-state index contributed by atoms with van der Waals surface area (Å²) in [5.41, 5.74) is 0.113. The Morgan fingerprint density at radius 3 is 2.76 bits per heavy atom. The van der Waals surface area contributed by atoms with E-state index in [9.17, 15) is 14.0 Å². The summed E-state index contributed by atoms with van der Waals surface area (Å²) < 4.78 is 15.5. The van der Waals surface area contributed by atoms with Gasteiger partial charge >= 0.3 is 0 Å². The maximum absolute atomic E-state index is 13.7. The highest BCUT2D eigenvalue weighted by atomic mass is 32.2. The molecule has 0 aliphatic carbocycles. The number of nitrogens with one attached hydrogen (secondary N) is 2. The molecule has 0 aliphatic rings. The number of thioether (sulfide) groups is 1. The summed E-state index contributed by atoms with van der Waals surface area (Å²) in [5, 5.41) is 15.9. The summed E-state index contributed by atoms with van der Waals surface area (Å²) in [6.07, 6.45) is 1.56. The molecule has 1 atom stereocenters. The first-order chi connectivity index (χ1) is 14.0. The largest absolute Gasteiger partial charge is 0.323 e. The molecule has 0 spiro atoms. The fourth-order valence-corrected chi connectivity index (χ4v) is 3.92. The zero-order valence-electron chi connectivity index (χ0n) is 15.8. The Kier molecular flexibility index (Phi) is 6.94. The monoisotopic (exact) mass is 434 g/mol. The molecule has 11 heteroatoms. The number of nitrogens with zero attached hydrogens (tertiary/aromatic N) is 4. The number of halogens is 1. The normalized spacial score (nSPS) is 11.8. The predicted octanol–water partition coefficient (Wildman–Crippen LogP) is 3.19. The summed E-state index contributed by atoms with van der Waals surface area (Å²) in [5.74, 6) is -0.664. The van der Waals surface area contributed by atoms with Crippen LogP contribution in [0, 0.1) is 5.82 Å².